The van der Waals surface area contributed by atoms with Crippen LogP contribution in [-0.4, -0.2) is 22.6 Å². The van der Waals surface area contributed by atoms with Gasteiger partial charge in [0.1, 0.15) is 0 Å². The summed E-state index contributed by atoms with van der Waals surface area (Å²) >= 11 is 0. The van der Waals surface area contributed by atoms with Crippen LogP contribution < -0.4 is 5.32 Å². The number of hydrogen-bond acceptors (Lipinski definition) is 2. The Hall–Kier alpha value is -0.830. The van der Waals surface area contributed by atoms with Crippen molar-refractivity contribution in [3.05, 3.63) is 18.2 Å². The van der Waals surface area contributed by atoms with Gasteiger partial charge in [0.25, 0.3) is 0 Å². The average molecular weight is 249 g/mol. The van der Waals surface area contributed by atoms with Gasteiger partial charge >= 0.3 is 0 Å². The Morgan fingerprint density at radius 3 is 2.89 bits per heavy atom. The zero-order chi connectivity index (χ0) is 12.8. The molecule has 1 saturated carbocycles. The van der Waals surface area contributed by atoms with Gasteiger partial charge in [0.2, 0.25) is 0 Å². The Morgan fingerprint density at radius 2 is 2.17 bits per heavy atom. The molecule has 0 radical (unpaired) electrons. The molecular formula is C15H27N3. The normalized spacial score (nSPS) is 25.0. The fourth-order valence-electron chi connectivity index (χ4n) is 3.11. The maximum Gasteiger partial charge on any atom is 0.0946 e. The molecule has 0 aliphatic heterocycles. The molecular weight excluding hydrogens is 222 g/mol. The molecule has 0 saturated heterocycles. The molecule has 102 valence electrons. The number of rotatable bonds is 5. The number of imidazole rings is 1. The highest BCUT2D eigenvalue weighted by Crippen LogP contribution is 2.35. The van der Waals surface area contributed by atoms with Crippen LogP contribution in [0.5, 0.6) is 0 Å². The SMILES string of the molecule is CCCNCC1CCCCCC1c1cn(C)cn1. The van der Waals surface area contributed by atoms with Gasteiger partial charge in [-0.25, -0.2) is 4.98 Å². The Bertz CT molecular complexity index is 345. The molecule has 1 aromatic heterocycles. The Labute approximate surface area is 111 Å². The van der Waals surface area contributed by atoms with E-state index in [1.165, 1.54) is 44.2 Å². The summed E-state index contributed by atoms with van der Waals surface area (Å²) in [6.07, 6.45) is 12.2. The van der Waals surface area contributed by atoms with Crippen LogP contribution in [0.2, 0.25) is 0 Å². The maximum absolute atomic E-state index is 4.59. The summed E-state index contributed by atoms with van der Waals surface area (Å²) in [4.78, 5) is 4.59. The first-order chi connectivity index (χ1) is 8.81. The first-order valence-electron chi connectivity index (χ1n) is 7.50. The lowest BCUT2D eigenvalue weighted by Crippen LogP contribution is -2.27. The summed E-state index contributed by atoms with van der Waals surface area (Å²) in [7, 11) is 2.07. The maximum atomic E-state index is 4.59. The van der Waals surface area contributed by atoms with Crippen LogP contribution in [0.4, 0.5) is 0 Å². The fraction of sp³-hybridized carbons (Fsp3) is 0.800. The third-order valence-electron chi connectivity index (χ3n) is 4.10. The van der Waals surface area contributed by atoms with E-state index < -0.39 is 0 Å². The summed E-state index contributed by atoms with van der Waals surface area (Å²) in [6.45, 7) is 4.54. The zero-order valence-electron chi connectivity index (χ0n) is 11.9. The van der Waals surface area contributed by atoms with Gasteiger partial charge in [0, 0.05) is 19.2 Å². The summed E-state index contributed by atoms with van der Waals surface area (Å²) in [5, 5.41) is 3.60. The van der Waals surface area contributed by atoms with Crippen molar-refractivity contribution in [3.8, 4) is 0 Å². The third-order valence-corrected chi connectivity index (χ3v) is 4.10. The minimum Gasteiger partial charge on any atom is -0.340 e. The molecule has 1 aliphatic carbocycles. The predicted octanol–water partition coefficient (Wildman–Crippen LogP) is 3.08. The van der Waals surface area contributed by atoms with E-state index in [-0.39, 0.29) is 0 Å². The molecule has 2 unspecified atom stereocenters. The summed E-state index contributed by atoms with van der Waals surface area (Å²) in [5.41, 5.74) is 1.31. The molecule has 3 heteroatoms. The topological polar surface area (TPSA) is 29.9 Å². The predicted molar refractivity (Wildman–Crippen MR) is 75.7 cm³/mol. The molecule has 2 atom stereocenters. The molecule has 1 heterocycles. The van der Waals surface area contributed by atoms with Crippen molar-refractivity contribution in [3.63, 3.8) is 0 Å². The second kappa shape index (κ2) is 6.93. The number of hydrogen-bond donors (Lipinski definition) is 1. The summed E-state index contributed by atoms with van der Waals surface area (Å²) in [6, 6.07) is 0. The lowest BCUT2D eigenvalue weighted by atomic mass is 9.85. The molecule has 0 bridgehead atoms. The molecule has 1 fully saturated rings. The van der Waals surface area contributed by atoms with Crippen molar-refractivity contribution < 1.29 is 0 Å². The second-order valence-electron chi connectivity index (χ2n) is 5.67. The molecule has 0 aromatic carbocycles. The first-order valence-corrected chi connectivity index (χ1v) is 7.50. The van der Waals surface area contributed by atoms with Gasteiger partial charge in [-0.3, -0.25) is 0 Å². The highest BCUT2D eigenvalue weighted by Gasteiger charge is 2.26. The van der Waals surface area contributed by atoms with Crippen molar-refractivity contribution in [2.45, 2.75) is 51.4 Å². The van der Waals surface area contributed by atoms with E-state index in [2.05, 4.69) is 35.0 Å². The number of aryl methyl sites for hydroxylation is 1. The molecule has 1 aliphatic rings. The average Bonchev–Trinajstić information content (AvgIpc) is 2.65. The monoisotopic (exact) mass is 249 g/mol. The molecule has 0 spiro atoms. The lowest BCUT2D eigenvalue weighted by molar-refractivity contribution is 0.371. The van der Waals surface area contributed by atoms with E-state index in [1.807, 2.05) is 6.33 Å². The molecule has 3 nitrogen and oxygen atoms in total. The van der Waals surface area contributed by atoms with E-state index in [0.29, 0.717) is 5.92 Å². The van der Waals surface area contributed by atoms with Crippen LogP contribution in [0.15, 0.2) is 12.5 Å². The van der Waals surface area contributed by atoms with Crippen LogP contribution >= 0.6 is 0 Å². The van der Waals surface area contributed by atoms with Crippen molar-refractivity contribution in [2.75, 3.05) is 13.1 Å². The van der Waals surface area contributed by atoms with Crippen LogP contribution in [0, 0.1) is 5.92 Å². The highest BCUT2D eigenvalue weighted by molar-refractivity contribution is 5.07. The molecule has 2 rings (SSSR count). The lowest BCUT2D eigenvalue weighted by Gasteiger charge is -2.24. The Kier molecular flexibility index (Phi) is 5.24. The van der Waals surface area contributed by atoms with E-state index in [4.69, 9.17) is 0 Å². The molecule has 0 amide bonds. The minimum atomic E-state index is 0.665. The van der Waals surface area contributed by atoms with Crippen molar-refractivity contribution >= 4 is 0 Å². The van der Waals surface area contributed by atoms with Gasteiger partial charge in [-0.1, -0.05) is 26.2 Å². The van der Waals surface area contributed by atoms with E-state index >= 15 is 0 Å². The number of nitrogens with one attached hydrogen (secondary N) is 1. The van der Waals surface area contributed by atoms with Gasteiger partial charge < -0.3 is 9.88 Å². The van der Waals surface area contributed by atoms with Gasteiger partial charge in [-0.05, 0) is 38.3 Å². The minimum absolute atomic E-state index is 0.665. The smallest absolute Gasteiger partial charge is 0.0946 e. The summed E-state index contributed by atoms with van der Waals surface area (Å²) in [5.74, 6) is 1.44. The highest BCUT2D eigenvalue weighted by atomic mass is 15.0. The van der Waals surface area contributed by atoms with Crippen LogP contribution in [0.3, 0.4) is 0 Å². The largest absolute Gasteiger partial charge is 0.340 e. The fourth-order valence-corrected chi connectivity index (χ4v) is 3.11. The van der Waals surface area contributed by atoms with E-state index in [1.54, 1.807) is 0 Å². The molecule has 1 aromatic rings. The molecule has 18 heavy (non-hydrogen) atoms. The van der Waals surface area contributed by atoms with Crippen molar-refractivity contribution in [1.29, 1.82) is 0 Å². The third kappa shape index (κ3) is 3.58. The number of aromatic nitrogens is 2. The van der Waals surface area contributed by atoms with Gasteiger partial charge in [-0.15, -0.1) is 0 Å². The van der Waals surface area contributed by atoms with Crippen molar-refractivity contribution in [1.82, 2.24) is 14.9 Å². The van der Waals surface area contributed by atoms with Crippen molar-refractivity contribution in [2.24, 2.45) is 13.0 Å². The Morgan fingerprint density at radius 1 is 1.33 bits per heavy atom. The van der Waals surface area contributed by atoms with Crippen LogP contribution in [0.1, 0.15) is 57.1 Å². The summed E-state index contributed by atoms with van der Waals surface area (Å²) < 4.78 is 2.08. The Balaban J connectivity index is 2.01. The van der Waals surface area contributed by atoms with E-state index in [9.17, 15) is 0 Å². The van der Waals surface area contributed by atoms with Gasteiger partial charge in [-0.2, -0.15) is 0 Å². The standard InChI is InChI=1S/C15H27N3/c1-3-9-16-10-13-7-5-4-6-8-14(13)15-11-18(2)12-17-15/h11-14,16H,3-10H2,1-2H3. The quantitative estimate of drug-likeness (QED) is 0.642. The van der Waals surface area contributed by atoms with E-state index in [0.717, 1.165) is 19.0 Å². The van der Waals surface area contributed by atoms with Crippen LogP contribution in [0.25, 0.3) is 0 Å². The van der Waals surface area contributed by atoms with Gasteiger partial charge in [0.15, 0.2) is 0 Å². The first kappa shape index (κ1) is 13.6. The second-order valence-corrected chi connectivity index (χ2v) is 5.67. The van der Waals surface area contributed by atoms with Gasteiger partial charge in [0.05, 0.1) is 12.0 Å². The van der Waals surface area contributed by atoms with Crippen LogP contribution in [-0.2, 0) is 7.05 Å². The molecule has 1 N–H and O–H groups in total. The zero-order valence-corrected chi connectivity index (χ0v) is 11.9. The number of nitrogens with zero attached hydrogens (tertiary/aromatic N) is 2.